The first-order chi connectivity index (χ1) is 11.7. The highest BCUT2D eigenvalue weighted by Gasteiger charge is 2.37. The summed E-state index contributed by atoms with van der Waals surface area (Å²) in [4.78, 5) is 25.2. The van der Waals surface area contributed by atoms with Crippen LogP contribution in [0, 0.1) is 0 Å². The normalized spacial score (nSPS) is 21.5. The molecule has 3 heterocycles. The molecule has 0 radical (unpaired) electrons. The predicted octanol–water partition coefficient (Wildman–Crippen LogP) is 2.75. The van der Waals surface area contributed by atoms with Crippen LogP contribution in [0.25, 0.3) is 11.0 Å². The number of H-pyrrole nitrogens is 1. The van der Waals surface area contributed by atoms with Crippen molar-refractivity contribution >= 4 is 16.9 Å². The van der Waals surface area contributed by atoms with Crippen LogP contribution in [0.15, 0.2) is 24.3 Å². The van der Waals surface area contributed by atoms with Crippen LogP contribution in [0.4, 0.5) is 0 Å². The summed E-state index contributed by atoms with van der Waals surface area (Å²) in [5, 5.41) is 0. The Morgan fingerprint density at radius 3 is 2.58 bits per heavy atom. The zero-order valence-electron chi connectivity index (χ0n) is 14.4. The molecule has 1 unspecified atom stereocenters. The Balaban J connectivity index is 1.36. The van der Waals surface area contributed by atoms with Crippen molar-refractivity contribution in [3.8, 4) is 0 Å². The lowest BCUT2D eigenvalue weighted by atomic mass is 9.97. The van der Waals surface area contributed by atoms with Gasteiger partial charge in [0.05, 0.1) is 17.1 Å². The van der Waals surface area contributed by atoms with Crippen molar-refractivity contribution in [3.63, 3.8) is 0 Å². The standard InChI is InChI=1S/C19H26N4O/c1-14(19(24)22-10-6-2-3-7-11-22)23-12-15(13-23)18-20-16-8-4-5-9-17(16)21-18/h4-5,8-9,14-15H,2-3,6-7,10-13H2,1H3,(H,20,21). The molecular formula is C19H26N4O. The van der Waals surface area contributed by atoms with Gasteiger partial charge in [-0.15, -0.1) is 0 Å². The molecule has 2 aliphatic rings. The summed E-state index contributed by atoms with van der Waals surface area (Å²) >= 11 is 0. The molecule has 24 heavy (non-hydrogen) atoms. The van der Waals surface area contributed by atoms with Crippen LogP contribution in [0.3, 0.4) is 0 Å². The second-order valence-electron chi connectivity index (χ2n) is 7.21. The first-order valence-electron chi connectivity index (χ1n) is 9.20. The molecule has 4 rings (SSSR count). The maximum absolute atomic E-state index is 12.7. The SMILES string of the molecule is CC(C(=O)N1CCCCCC1)N1CC(c2nc3ccccc3[nH]2)C1. The molecule has 2 aliphatic heterocycles. The average Bonchev–Trinajstić information content (AvgIpc) is 2.78. The van der Waals surface area contributed by atoms with Gasteiger partial charge < -0.3 is 9.88 Å². The van der Waals surface area contributed by atoms with Gasteiger partial charge in [-0.25, -0.2) is 4.98 Å². The Kier molecular flexibility index (Phi) is 4.27. The molecule has 1 N–H and O–H groups in total. The monoisotopic (exact) mass is 326 g/mol. The van der Waals surface area contributed by atoms with E-state index in [1.807, 2.05) is 18.2 Å². The van der Waals surface area contributed by atoms with Gasteiger partial charge in [0.25, 0.3) is 0 Å². The van der Waals surface area contributed by atoms with E-state index in [4.69, 9.17) is 4.98 Å². The summed E-state index contributed by atoms with van der Waals surface area (Å²) in [5.74, 6) is 1.78. The fourth-order valence-corrected chi connectivity index (χ4v) is 3.88. The Morgan fingerprint density at radius 1 is 1.17 bits per heavy atom. The van der Waals surface area contributed by atoms with Crippen LogP contribution in [-0.2, 0) is 4.79 Å². The van der Waals surface area contributed by atoms with Crippen molar-refractivity contribution in [2.75, 3.05) is 26.2 Å². The third kappa shape index (κ3) is 2.93. The number of likely N-dealkylation sites (tertiary alicyclic amines) is 2. The minimum Gasteiger partial charge on any atom is -0.342 e. The number of hydrogen-bond donors (Lipinski definition) is 1. The molecule has 128 valence electrons. The number of imidazole rings is 1. The number of hydrogen-bond acceptors (Lipinski definition) is 3. The van der Waals surface area contributed by atoms with Crippen molar-refractivity contribution in [2.24, 2.45) is 0 Å². The van der Waals surface area contributed by atoms with Crippen LogP contribution in [0.1, 0.15) is 44.3 Å². The maximum atomic E-state index is 12.7. The predicted molar refractivity (Wildman–Crippen MR) is 94.9 cm³/mol. The molecule has 1 aromatic carbocycles. The summed E-state index contributed by atoms with van der Waals surface area (Å²) in [5.41, 5.74) is 2.12. The Bertz CT molecular complexity index is 678. The second-order valence-corrected chi connectivity index (χ2v) is 7.21. The lowest BCUT2D eigenvalue weighted by Gasteiger charge is -2.42. The van der Waals surface area contributed by atoms with Crippen molar-refractivity contribution in [3.05, 3.63) is 30.1 Å². The Morgan fingerprint density at radius 2 is 1.88 bits per heavy atom. The number of amides is 1. The first kappa shape index (κ1) is 15.6. The number of carbonyl (C=O) groups is 1. The maximum Gasteiger partial charge on any atom is 0.239 e. The van der Waals surface area contributed by atoms with Gasteiger partial charge in [-0.05, 0) is 31.9 Å². The molecule has 0 saturated carbocycles. The number of carbonyl (C=O) groups excluding carboxylic acids is 1. The Hall–Kier alpha value is -1.88. The van der Waals surface area contributed by atoms with E-state index in [1.54, 1.807) is 0 Å². The first-order valence-corrected chi connectivity index (χ1v) is 9.20. The third-order valence-electron chi connectivity index (χ3n) is 5.53. The lowest BCUT2D eigenvalue weighted by molar-refractivity contribution is -0.138. The van der Waals surface area contributed by atoms with E-state index in [1.165, 1.54) is 12.8 Å². The van der Waals surface area contributed by atoms with Crippen LogP contribution in [-0.4, -0.2) is 57.9 Å². The molecular weight excluding hydrogens is 300 g/mol. The number of nitrogens with one attached hydrogen (secondary N) is 1. The number of aromatic amines is 1. The third-order valence-corrected chi connectivity index (χ3v) is 5.53. The van der Waals surface area contributed by atoms with E-state index in [0.717, 1.165) is 55.9 Å². The van der Waals surface area contributed by atoms with Gasteiger partial charge >= 0.3 is 0 Å². The van der Waals surface area contributed by atoms with Gasteiger partial charge in [0.1, 0.15) is 5.82 Å². The minimum absolute atomic E-state index is 0.0104. The Labute approximate surface area is 143 Å². The largest absolute Gasteiger partial charge is 0.342 e. The van der Waals surface area contributed by atoms with Gasteiger partial charge in [-0.2, -0.15) is 0 Å². The van der Waals surface area contributed by atoms with Crippen molar-refractivity contribution in [2.45, 2.75) is 44.6 Å². The van der Waals surface area contributed by atoms with Crippen LogP contribution in [0.5, 0.6) is 0 Å². The van der Waals surface area contributed by atoms with E-state index >= 15 is 0 Å². The van der Waals surface area contributed by atoms with E-state index in [0.29, 0.717) is 11.8 Å². The molecule has 0 bridgehead atoms. The highest BCUT2D eigenvalue weighted by molar-refractivity contribution is 5.81. The van der Waals surface area contributed by atoms with Crippen molar-refractivity contribution in [1.29, 1.82) is 0 Å². The van der Waals surface area contributed by atoms with E-state index < -0.39 is 0 Å². The summed E-state index contributed by atoms with van der Waals surface area (Å²) in [6.07, 6.45) is 4.83. The fraction of sp³-hybridized carbons (Fsp3) is 0.579. The van der Waals surface area contributed by atoms with Gasteiger partial charge in [0, 0.05) is 32.1 Å². The zero-order chi connectivity index (χ0) is 16.5. The molecule has 0 aliphatic carbocycles. The fourth-order valence-electron chi connectivity index (χ4n) is 3.88. The van der Waals surface area contributed by atoms with Crippen molar-refractivity contribution in [1.82, 2.24) is 19.8 Å². The number of para-hydroxylation sites is 2. The van der Waals surface area contributed by atoms with E-state index in [-0.39, 0.29) is 6.04 Å². The molecule has 1 aromatic heterocycles. The minimum atomic E-state index is -0.0104. The van der Waals surface area contributed by atoms with Gasteiger partial charge in [-0.1, -0.05) is 25.0 Å². The summed E-state index contributed by atoms with van der Waals surface area (Å²) < 4.78 is 0. The smallest absolute Gasteiger partial charge is 0.239 e. The van der Waals surface area contributed by atoms with Gasteiger partial charge in [-0.3, -0.25) is 9.69 Å². The summed E-state index contributed by atoms with van der Waals surface area (Å²) in [6.45, 7) is 5.76. The molecule has 1 amide bonds. The number of fused-ring (bicyclic) bond motifs is 1. The molecule has 0 spiro atoms. The van der Waals surface area contributed by atoms with Gasteiger partial charge in [0.15, 0.2) is 0 Å². The number of rotatable bonds is 3. The molecule has 2 saturated heterocycles. The number of aromatic nitrogens is 2. The molecule has 1 atom stereocenters. The lowest BCUT2D eigenvalue weighted by Crippen LogP contribution is -2.56. The number of nitrogens with zero attached hydrogens (tertiary/aromatic N) is 3. The van der Waals surface area contributed by atoms with Crippen LogP contribution < -0.4 is 0 Å². The highest BCUT2D eigenvalue weighted by Crippen LogP contribution is 2.29. The summed E-state index contributed by atoms with van der Waals surface area (Å²) in [6, 6.07) is 8.13. The summed E-state index contributed by atoms with van der Waals surface area (Å²) in [7, 11) is 0. The van der Waals surface area contributed by atoms with Crippen molar-refractivity contribution < 1.29 is 4.79 Å². The highest BCUT2D eigenvalue weighted by atomic mass is 16.2. The van der Waals surface area contributed by atoms with Gasteiger partial charge in [0.2, 0.25) is 5.91 Å². The molecule has 2 aromatic rings. The average molecular weight is 326 g/mol. The quantitative estimate of drug-likeness (QED) is 0.943. The zero-order valence-corrected chi connectivity index (χ0v) is 14.4. The van der Waals surface area contributed by atoms with E-state index in [2.05, 4.69) is 27.8 Å². The molecule has 5 nitrogen and oxygen atoms in total. The van der Waals surface area contributed by atoms with E-state index in [9.17, 15) is 4.79 Å². The number of benzene rings is 1. The molecule has 5 heteroatoms. The second kappa shape index (κ2) is 6.55. The van der Waals surface area contributed by atoms with Crippen LogP contribution in [0.2, 0.25) is 0 Å². The topological polar surface area (TPSA) is 52.2 Å². The molecule has 2 fully saturated rings. The van der Waals surface area contributed by atoms with Crippen LogP contribution >= 0.6 is 0 Å².